The topological polar surface area (TPSA) is 0 Å². The van der Waals surface area contributed by atoms with Crippen molar-refractivity contribution in [3.63, 3.8) is 0 Å². The average molecular weight is 429 g/mol. The maximum atomic E-state index is 2.37. The fourth-order valence-electron chi connectivity index (χ4n) is 3.33. The van der Waals surface area contributed by atoms with E-state index in [-0.39, 0.29) is 24.8 Å². The van der Waals surface area contributed by atoms with E-state index < -0.39 is 0 Å². The van der Waals surface area contributed by atoms with Gasteiger partial charge in [-0.05, 0) is 24.7 Å². The largest absolute Gasteiger partial charge is 1.00 e. The first-order valence-corrected chi connectivity index (χ1v) is 9.62. The van der Waals surface area contributed by atoms with Crippen LogP contribution in [0.5, 0.6) is 0 Å². The zero-order valence-corrected chi connectivity index (χ0v) is 17.8. The van der Waals surface area contributed by atoms with E-state index in [2.05, 4.69) is 53.0 Å². The Kier molecular flexibility index (Phi) is 13.4. The second-order valence-corrected chi connectivity index (χ2v) is 7.33. The summed E-state index contributed by atoms with van der Waals surface area (Å²) in [5, 5.41) is 0. The zero-order chi connectivity index (χ0) is 14.9. The number of halogens is 2. The van der Waals surface area contributed by atoms with Crippen LogP contribution in [0, 0.1) is 24.7 Å². The zero-order valence-electron chi connectivity index (χ0n) is 13.8. The van der Waals surface area contributed by atoms with Crippen LogP contribution in [0.25, 0.3) is 0 Å². The molecule has 0 heterocycles. The van der Waals surface area contributed by atoms with Gasteiger partial charge < -0.3 is 24.8 Å². The van der Waals surface area contributed by atoms with Crippen molar-refractivity contribution in [3.05, 3.63) is 60.4 Å². The predicted octanol–water partition coefficient (Wildman–Crippen LogP) is -0.663. The molecule has 0 amide bonds. The maximum Gasteiger partial charge on any atom is -1.00 e. The number of hydrogen-bond donors (Lipinski definition) is 0. The van der Waals surface area contributed by atoms with E-state index in [1.54, 1.807) is 11.1 Å². The summed E-state index contributed by atoms with van der Waals surface area (Å²) in [7, 11) is 0. The normalized spacial score (nSPS) is 25.0. The maximum absolute atomic E-state index is 2.37. The van der Waals surface area contributed by atoms with Crippen molar-refractivity contribution in [2.75, 3.05) is 0 Å². The Balaban J connectivity index is 0.000000336. The number of rotatable bonds is 0. The van der Waals surface area contributed by atoms with Crippen molar-refractivity contribution in [1.82, 2.24) is 0 Å². The Morgan fingerprint density at radius 2 is 1.30 bits per heavy atom. The Morgan fingerprint density at radius 1 is 0.913 bits per heavy atom. The van der Waals surface area contributed by atoms with Crippen LogP contribution in [0.15, 0.2) is 47.6 Å². The first-order chi connectivity index (χ1) is 10.3. The Labute approximate surface area is 169 Å². The molecule has 0 spiro atoms. The Bertz CT molecular complexity index is 420. The molecular formula is C20H26Cl2Zr-2. The predicted molar refractivity (Wildman–Crippen MR) is 89.5 cm³/mol. The van der Waals surface area contributed by atoms with Gasteiger partial charge in [0.1, 0.15) is 0 Å². The van der Waals surface area contributed by atoms with E-state index in [1.807, 2.05) is 6.92 Å². The SMILES string of the molecule is C1=CCC2CC[CH-]C2=C1.C1=CCC2CC[CH-]C2=C1.C[CH]=[Zr+2].[Cl-].[Cl-]. The Morgan fingerprint density at radius 3 is 1.65 bits per heavy atom. The van der Waals surface area contributed by atoms with Gasteiger partial charge in [-0.1, -0.05) is 12.8 Å². The molecule has 2 fully saturated rings. The third-order valence-electron chi connectivity index (χ3n) is 4.42. The fourth-order valence-corrected chi connectivity index (χ4v) is 3.33. The van der Waals surface area contributed by atoms with Crippen LogP contribution in [-0.4, -0.2) is 3.71 Å². The summed E-state index contributed by atoms with van der Waals surface area (Å²) in [6.07, 6.45) is 26.1. The molecule has 0 radical (unpaired) electrons. The summed E-state index contributed by atoms with van der Waals surface area (Å²) < 4.78 is 2.09. The molecule has 2 saturated carbocycles. The van der Waals surface area contributed by atoms with Gasteiger partial charge in [-0.3, -0.25) is 0 Å². The Hall–Kier alpha value is 0.0331. The summed E-state index contributed by atoms with van der Waals surface area (Å²) in [5.74, 6) is 1.77. The van der Waals surface area contributed by atoms with Crippen molar-refractivity contribution >= 4 is 3.71 Å². The van der Waals surface area contributed by atoms with Crippen LogP contribution in [-0.2, 0) is 24.2 Å². The molecule has 126 valence electrons. The van der Waals surface area contributed by atoms with Crippen LogP contribution in [0.3, 0.4) is 0 Å². The van der Waals surface area contributed by atoms with Crippen LogP contribution in [0.2, 0.25) is 0 Å². The van der Waals surface area contributed by atoms with Crippen LogP contribution in [0.1, 0.15) is 45.4 Å². The van der Waals surface area contributed by atoms with Gasteiger partial charge in [-0.25, -0.2) is 36.1 Å². The van der Waals surface area contributed by atoms with Gasteiger partial charge in [0.05, 0.1) is 0 Å². The molecule has 2 unspecified atom stereocenters. The summed E-state index contributed by atoms with van der Waals surface area (Å²) in [5.41, 5.74) is 3.16. The molecule has 2 atom stereocenters. The van der Waals surface area contributed by atoms with Crippen molar-refractivity contribution < 1.29 is 49.0 Å². The van der Waals surface area contributed by atoms with Crippen LogP contribution < -0.4 is 24.8 Å². The van der Waals surface area contributed by atoms with E-state index in [1.165, 1.54) is 62.8 Å². The minimum Gasteiger partial charge on any atom is -1.00 e. The summed E-state index contributed by atoms with van der Waals surface area (Å²) in [4.78, 5) is 0. The minimum absolute atomic E-state index is 0. The van der Waals surface area contributed by atoms with Gasteiger partial charge in [0.25, 0.3) is 0 Å². The molecule has 0 aromatic carbocycles. The third-order valence-corrected chi connectivity index (χ3v) is 4.42. The van der Waals surface area contributed by atoms with Crippen molar-refractivity contribution in [2.45, 2.75) is 45.4 Å². The monoisotopic (exact) mass is 426 g/mol. The third kappa shape index (κ3) is 7.63. The smallest absolute Gasteiger partial charge is 1.00 e. The van der Waals surface area contributed by atoms with Crippen molar-refractivity contribution in [2.24, 2.45) is 11.8 Å². The summed E-state index contributed by atoms with van der Waals surface area (Å²) in [6, 6.07) is 0. The van der Waals surface area contributed by atoms with Gasteiger partial charge in [-0.2, -0.15) is 0 Å². The van der Waals surface area contributed by atoms with Gasteiger partial charge in [0, 0.05) is 0 Å². The van der Waals surface area contributed by atoms with Gasteiger partial charge in [0.15, 0.2) is 0 Å². The summed E-state index contributed by atoms with van der Waals surface area (Å²) >= 11 is 1.51. The summed E-state index contributed by atoms with van der Waals surface area (Å²) in [6.45, 7) is 2.04. The van der Waals surface area contributed by atoms with Gasteiger partial charge >= 0.3 is 34.9 Å². The first-order valence-electron chi connectivity index (χ1n) is 8.20. The molecule has 3 heteroatoms. The molecule has 0 bridgehead atoms. The van der Waals surface area contributed by atoms with E-state index in [4.69, 9.17) is 0 Å². The molecule has 0 aromatic heterocycles. The average Bonchev–Trinajstić information content (AvgIpc) is 3.17. The number of allylic oxidation sites excluding steroid dienone is 8. The second kappa shape index (κ2) is 13.3. The molecule has 0 aromatic rings. The molecular weight excluding hydrogens is 402 g/mol. The van der Waals surface area contributed by atoms with Crippen LogP contribution >= 0.6 is 0 Å². The molecule has 4 aliphatic carbocycles. The second-order valence-electron chi connectivity index (χ2n) is 5.91. The van der Waals surface area contributed by atoms with Gasteiger partial charge in [-0.15, -0.1) is 37.1 Å². The molecule has 0 N–H and O–H groups in total. The first kappa shape index (κ1) is 23.0. The van der Waals surface area contributed by atoms with E-state index >= 15 is 0 Å². The molecule has 0 aliphatic heterocycles. The molecule has 4 rings (SSSR count). The molecule has 23 heavy (non-hydrogen) atoms. The van der Waals surface area contributed by atoms with E-state index in [0.29, 0.717) is 0 Å². The quantitative estimate of drug-likeness (QED) is 0.450. The van der Waals surface area contributed by atoms with Crippen LogP contribution in [0.4, 0.5) is 0 Å². The minimum atomic E-state index is 0. The molecule has 0 saturated heterocycles. The number of hydrogen-bond acceptors (Lipinski definition) is 0. The fraction of sp³-hybridized carbons (Fsp3) is 0.450. The van der Waals surface area contributed by atoms with E-state index in [0.717, 1.165) is 11.8 Å². The van der Waals surface area contributed by atoms with Gasteiger partial charge in [0.2, 0.25) is 0 Å². The standard InChI is InChI=1S/2C9H11.C2H4.2ClH.Zr/c2*1-2-5-9-7-3-6-8(9)4-1;1-2;;;/h2*1-2,4,6,9H,3,5,7H2;1H,2H3;2*1H;/q2*-1;;;;+2/p-2. The van der Waals surface area contributed by atoms with Crippen molar-refractivity contribution in [3.8, 4) is 0 Å². The van der Waals surface area contributed by atoms with E-state index in [9.17, 15) is 0 Å². The number of fused-ring (bicyclic) bond motifs is 2. The molecule has 0 nitrogen and oxygen atoms in total. The molecule has 4 aliphatic rings. The van der Waals surface area contributed by atoms with Crippen molar-refractivity contribution in [1.29, 1.82) is 0 Å².